The first-order valence-electron chi connectivity index (χ1n) is 6.79. The molecule has 2 rings (SSSR count). The van der Waals surface area contributed by atoms with Crippen molar-refractivity contribution < 1.29 is 9.53 Å². The van der Waals surface area contributed by atoms with Crippen LogP contribution in [0, 0.1) is 11.3 Å². The number of ketones is 1. The van der Waals surface area contributed by atoms with Gasteiger partial charge in [0.05, 0.1) is 0 Å². The molecule has 1 N–H and O–H groups in total. The van der Waals surface area contributed by atoms with Crippen molar-refractivity contribution in [2.24, 2.45) is 11.3 Å². The highest BCUT2D eigenvalue weighted by Crippen LogP contribution is 2.59. The quantitative estimate of drug-likeness (QED) is 0.772. The van der Waals surface area contributed by atoms with E-state index >= 15 is 0 Å². The Labute approximate surface area is 105 Å². The van der Waals surface area contributed by atoms with Crippen LogP contribution in [0.25, 0.3) is 0 Å². The fourth-order valence-electron chi connectivity index (χ4n) is 3.46. The molecule has 3 heteroatoms. The first-order chi connectivity index (χ1) is 8.05. The molecule has 0 aromatic rings. The summed E-state index contributed by atoms with van der Waals surface area (Å²) in [5.41, 5.74) is 0.293. The van der Waals surface area contributed by atoms with E-state index in [-0.39, 0.29) is 5.72 Å². The predicted octanol–water partition coefficient (Wildman–Crippen LogP) is 2.74. The molecule has 2 aliphatic rings. The second-order valence-corrected chi connectivity index (χ2v) is 5.35. The second-order valence-electron chi connectivity index (χ2n) is 5.35. The van der Waals surface area contributed by atoms with Crippen LogP contribution in [-0.2, 0) is 9.53 Å². The van der Waals surface area contributed by atoms with Gasteiger partial charge in [-0.2, -0.15) is 0 Å². The summed E-state index contributed by atoms with van der Waals surface area (Å²) in [6, 6.07) is 0. The third kappa shape index (κ3) is 2.71. The van der Waals surface area contributed by atoms with Crippen molar-refractivity contribution in [1.29, 1.82) is 0 Å². The lowest BCUT2D eigenvalue weighted by atomic mass is 9.61. The highest BCUT2D eigenvalue weighted by molar-refractivity contribution is 5.78. The van der Waals surface area contributed by atoms with Gasteiger partial charge in [0.1, 0.15) is 11.5 Å². The Hall–Kier alpha value is -0.410. The molecule has 1 spiro atoms. The molecule has 17 heavy (non-hydrogen) atoms. The highest BCUT2D eigenvalue weighted by atomic mass is 16.5. The molecule has 1 unspecified atom stereocenters. The van der Waals surface area contributed by atoms with Crippen LogP contribution < -0.4 is 5.32 Å². The van der Waals surface area contributed by atoms with Gasteiger partial charge < -0.3 is 4.74 Å². The van der Waals surface area contributed by atoms with Crippen LogP contribution in [0.3, 0.4) is 0 Å². The normalized spacial score (nSPS) is 39.5. The molecule has 1 atom stereocenters. The SMILES string of the molecule is CC.CNC1(OC)CC2(CCC(C(C)=O)C2)C1. The van der Waals surface area contributed by atoms with Crippen LogP contribution in [-0.4, -0.2) is 25.7 Å². The van der Waals surface area contributed by atoms with E-state index < -0.39 is 0 Å². The number of carbonyl (C=O) groups excluding carboxylic acids is 1. The molecule has 0 radical (unpaired) electrons. The van der Waals surface area contributed by atoms with Gasteiger partial charge in [-0.05, 0) is 51.5 Å². The summed E-state index contributed by atoms with van der Waals surface area (Å²) >= 11 is 0. The molecule has 100 valence electrons. The van der Waals surface area contributed by atoms with Crippen LogP contribution >= 0.6 is 0 Å². The average molecular weight is 241 g/mol. The lowest BCUT2D eigenvalue weighted by Gasteiger charge is -2.54. The van der Waals surface area contributed by atoms with Gasteiger partial charge in [0.15, 0.2) is 0 Å². The highest BCUT2D eigenvalue weighted by Gasteiger charge is 2.57. The van der Waals surface area contributed by atoms with Gasteiger partial charge >= 0.3 is 0 Å². The Balaban J connectivity index is 0.000000686. The molecule has 0 heterocycles. The fourth-order valence-corrected chi connectivity index (χ4v) is 3.46. The van der Waals surface area contributed by atoms with Crippen LogP contribution in [0.5, 0.6) is 0 Å². The van der Waals surface area contributed by atoms with Crippen molar-refractivity contribution in [2.75, 3.05) is 14.2 Å². The zero-order valence-corrected chi connectivity index (χ0v) is 11.9. The number of ether oxygens (including phenoxy) is 1. The summed E-state index contributed by atoms with van der Waals surface area (Å²) in [7, 11) is 3.72. The van der Waals surface area contributed by atoms with Gasteiger partial charge in [0.25, 0.3) is 0 Å². The van der Waals surface area contributed by atoms with Crippen LogP contribution in [0.2, 0.25) is 0 Å². The summed E-state index contributed by atoms with van der Waals surface area (Å²) in [5.74, 6) is 0.683. The molecule has 0 aromatic carbocycles. The van der Waals surface area contributed by atoms with Crippen LogP contribution in [0.15, 0.2) is 0 Å². The average Bonchev–Trinajstić information content (AvgIpc) is 2.74. The van der Waals surface area contributed by atoms with Gasteiger partial charge in [0, 0.05) is 13.0 Å². The van der Waals surface area contributed by atoms with E-state index in [1.165, 1.54) is 6.42 Å². The molecule has 0 saturated heterocycles. The minimum absolute atomic E-state index is 0.105. The van der Waals surface area contributed by atoms with Gasteiger partial charge in [-0.1, -0.05) is 13.8 Å². The Morgan fingerprint density at radius 1 is 1.35 bits per heavy atom. The third-order valence-electron chi connectivity index (χ3n) is 4.44. The van der Waals surface area contributed by atoms with Crippen molar-refractivity contribution in [1.82, 2.24) is 5.32 Å². The van der Waals surface area contributed by atoms with Gasteiger partial charge in [-0.25, -0.2) is 0 Å². The van der Waals surface area contributed by atoms with E-state index in [9.17, 15) is 4.79 Å². The van der Waals surface area contributed by atoms with E-state index in [1.54, 1.807) is 14.0 Å². The van der Waals surface area contributed by atoms with E-state index in [0.29, 0.717) is 17.1 Å². The zero-order chi connectivity index (χ0) is 13.1. The minimum atomic E-state index is -0.105. The fraction of sp³-hybridized carbons (Fsp3) is 0.929. The molecule has 3 nitrogen and oxygen atoms in total. The third-order valence-corrected chi connectivity index (χ3v) is 4.44. The number of carbonyl (C=O) groups is 1. The van der Waals surface area contributed by atoms with E-state index in [4.69, 9.17) is 4.74 Å². The van der Waals surface area contributed by atoms with Gasteiger partial charge in [0.2, 0.25) is 0 Å². The van der Waals surface area contributed by atoms with Crippen molar-refractivity contribution in [3.63, 3.8) is 0 Å². The van der Waals surface area contributed by atoms with E-state index in [0.717, 1.165) is 25.7 Å². The van der Waals surface area contributed by atoms with Crippen molar-refractivity contribution >= 4 is 5.78 Å². The molecular formula is C14H27NO2. The topological polar surface area (TPSA) is 38.3 Å². The van der Waals surface area contributed by atoms with E-state index in [2.05, 4.69) is 5.32 Å². The standard InChI is InChI=1S/C12H21NO2.C2H6/c1-9(14)10-4-5-11(6-10)7-12(8-11,13-2)15-3;1-2/h10,13H,4-8H2,1-3H3;1-2H3. The van der Waals surface area contributed by atoms with Gasteiger partial charge in [-0.15, -0.1) is 0 Å². The summed E-state index contributed by atoms with van der Waals surface area (Å²) in [5, 5.41) is 3.25. The van der Waals surface area contributed by atoms with Gasteiger partial charge in [-0.3, -0.25) is 10.1 Å². The largest absolute Gasteiger partial charge is 0.364 e. The summed E-state index contributed by atoms with van der Waals surface area (Å²) in [4.78, 5) is 11.3. The molecule has 2 aliphatic carbocycles. The molecule has 0 bridgehead atoms. The lowest BCUT2D eigenvalue weighted by Crippen LogP contribution is -2.60. The predicted molar refractivity (Wildman–Crippen MR) is 69.8 cm³/mol. The maximum atomic E-state index is 11.3. The Morgan fingerprint density at radius 2 is 1.94 bits per heavy atom. The monoisotopic (exact) mass is 241 g/mol. The van der Waals surface area contributed by atoms with Crippen LogP contribution in [0.1, 0.15) is 52.9 Å². The number of Topliss-reactive ketones (excluding diaryl/α,β-unsaturated/α-hetero) is 1. The molecular weight excluding hydrogens is 214 g/mol. The Morgan fingerprint density at radius 3 is 2.29 bits per heavy atom. The molecule has 0 aromatic heterocycles. The summed E-state index contributed by atoms with van der Waals surface area (Å²) in [6.45, 7) is 5.73. The number of hydrogen-bond donors (Lipinski definition) is 1. The Kier molecular flexibility index (Phi) is 4.73. The van der Waals surface area contributed by atoms with Crippen molar-refractivity contribution in [3.05, 3.63) is 0 Å². The second kappa shape index (κ2) is 5.49. The number of methoxy groups -OCH3 is 1. The number of hydrogen-bond acceptors (Lipinski definition) is 3. The number of nitrogens with one attached hydrogen (secondary N) is 1. The van der Waals surface area contributed by atoms with E-state index in [1.807, 2.05) is 20.9 Å². The zero-order valence-electron chi connectivity index (χ0n) is 11.9. The molecule has 2 saturated carbocycles. The maximum absolute atomic E-state index is 11.3. The maximum Gasteiger partial charge on any atom is 0.132 e. The summed E-state index contributed by atoms with van der Waals surface area (Å²) < 4.78 is 5.51. The molecule has 2 fully saturated rings. The molecule has 0 amide bonds. The number of rotatable bonds is 3. The van der Waals surface area contributed by atoms with Crippen LogP contribution in [0.4, 0.5) is 0 Å². The first kappa shape index (κ1) is 14.7. The van der Waals surface area contributed by atoms with Crippen molar-refractivity contribution in [3.8, 4) is 0 Å². The van der Waals surface area contributed by atoms with Crippen molar-refractivity contribution in [2.45, 2.75) is 58.6 Å². The summed E-state index contributed by atoms with van der Waals surface area (Å²) in [6.07, 6.45) is 5.49. The smallest absolute Gasteiger partial charge is 0.132 e. The first-order valence-corrected chi connectivity index (χ1v) is 6.79. The minimum Gasteiger partial charge on any atom is -0.364 e. The molecule has 0 aliphatic heterocycles. The lowest BCUT2D eigenvalue weighted by molar-refractivity contribution is -0.168. The Bertz CT molecular complexity index is 263.